The van der Waals surface area contributed by atoms with Gasteiger partial charge in [0, 0.05) is 42.9 Å². The summed E-state index contributed by atoms with van der Waals surface area (Å²) < 4.78 is 25.3. The van der Waals surface area contributed by atoms with Crippen LogP contribution in [0.3, 0.4) is 0 Å². The highest BCUT2D eigenvalue weighted by molar-refractivity contribution is 7.90. The number of carbonyl (C=O) groups excluding carboxylic acids is 2. The molecule has 2 aromatic carbocycles. The molecular formula is C34H50N4O6S. The molecule has 2 unspecified atom stereocenters. The monoisotopic (exact) mass is 642 g/mol. The van der Waals surface area contributed by atoms with Crippen molar-refractivity contribution >= 4 is 21.8 Å². The van der Waals surface area contributed by atoms with E-state index in [4.69, 9.17) is 0 Å². The van der Waals surface area contributed by atoms with Gasteiger partial charge in [0.1, 0.15) is 5.75 Å². The van der Waals surface area contributed by atoms with Crippen molar-refractivity contribution in [3.05, 3.63) is 64.7 Å². The maximum Gasteiger partial charge on any atom is 0.253 e. The molecular weight excluding hydrogens is 592 g/mol. The molecule has 2 rings (SSSR count). The Kier molecular flexibility index (Phi) is 15.5. The first kappa shape index (κ1) is 37.8. The molecule has 2 amide bonds. The Morgan fingerprint density at radius 3 is 2.11 bits per heavy atom. The molecule has 0 bridgehead atoms. The van der Waals surface area contributed by atoms with Crippen molar-refractivity contribution in [1.29, 1.82) is 0 Å². The summed E-state index contributed by atoms with van der Waals surface area (Å²) in [6.45, 7) is 12.3. The van der Waals surface area contributed by atoms with E-state index in [9.17, 15) is 28.2 Å². The number of hydrogen-bond donors (Lipinski definition) is 4. The van der Waals surface area contributed by atoms with Crippen LogP contribution in [0.1, 0.15) is 99.1 Å². The van der Waals surface area contributed by atoms with Crippen molar-refractivity contribution in [3.63, 3.8) is 0 Å². The second-order valence-electron chi connectivity index (χ2n) is 11.5. The lowest BCUT2D eigenvalue weighted by Crippen LogP contribution is -2.54. The van der Waals surface area contributed by atoms with Gasteiger partial charge in [-0.2, -0.15) is 0 Å². The molecule has 10 nitrogen and oxygen atoms in total. The van der Waals surface area contributed by atoms with Gasteiger partial charge in [0.25, 0.3) is 11.8 Å². The molecule has 248 valence electrons. The van der Waals surface area contributed by atoms with Gasteiger partial charge in [-0.1, -0.05) is 45.2 Å². The van der Waals surface area contributed by atoms with Crippen molar-refractivity contribution in [2.45, 2.75) is 91.0 Å². The fourth-order valence-corrected chi connectivity index (χ4v) is 5.46. The predicted molar refractivity (Wildman–Crippen MR) is 178 cm³/mol. The average Bonchev–Trinajstić information content (AvgIpc) is 2.99. The van der Waals surface area contributed by atoms with Crippen molar-refractivity contribution in [2.75, 3.05) is 26.2 Å². The molecule has 0 saturated carbocycles. The third-order valence-electron chi connectivity index (χ3n) is 7.22. The van der Waals surface area contributed by atoms with Crippen LogP contribution in [0.2, 0.25) is 0 Å². The number of unbranched alkanes of at least 4 members (excludes halogenated alkanes) is 1. The van der Waals surface area contributed by atoms with Crippen LogP contribution in [-0.2, 0) is 16.4 Å². The molecule has 0 spiro atoms. The van der Waals surface area contributed by atoms with E-state index in [0.717, 1.165) is 24.8 Å². The first-order valence-electron chi connectivity index (χ1n) is 15.7. The van der Waals surface area contributed by atoms with Crippen LogP contribution in [0.25, 0.3) is 0 Å². The first-order valence-corrected chi connectivity index (χ1v) is 17.3. The number of hydrogen-bond acceptors (Lipinski definition) is 7. The third-order valence-corrected chi connectivity index (χ3v) is 8.98. The number of aromatic hydroxyl groups is 1. The number of hydrazine groups is 1. The molecule has 0 fully saturated rings. The molecule has 45 heavy (non-hydrogen) atoms. The summed E-state index contributed by atoms with van der Waals surface area (Å²) in [6.07, 6.45) is 2.12. The van der Waals surface area contributed by atoms with Crippen LogP contribution in [0, 0.1) is 11.8 Å². The van der Waals surface area contributed by atoms with Gasteiger partial charge < -0.3 is 20.4 Å². The standard InChI is InChI=1S/C34H50N4O6S/c1-7-11-19-38(36-45(43,44)25(5)6)24-32(40)31(22-26-13-15-30(39)16-14-26)35-33(41)28-20-27(12-8-2)21-29(23-28)34(42)37(17-9-3)18-10-4/h13-16,20-21,23,25,31-32,36,39-40H,7,9-11,17-19,22,24H2,1-6H3,(H,35,41). The largest absolute Gasteiger partial charge is 0.508 e. The van der Waals surface area contributed by atoms with E-state index in [1.165, 1.54) is 17.1 Å². The van der Waals surface area contributed by atoms with Crippen LogP contribution >= 0.6 is 0 Å². The van der Waals surface area contributed by atoms with Gasteiger partial charge in [0.15, 0.2) is 0 Å². The molecule has 0 aromatic heterocycles. The predicted octanol–water partition coefficient (Wildman–Crippen LogP) is 4.07. The fraction of sp³-hybridized carbons (Fsp3) is 0.529. The SMILES string of the molecule is CC#Cc1cc(C(=O)NC(Cc2ccc(O)cc2)C(O)CN(CCCC)NS(=O)(=O)C(C)C)cc(C(=O)N(CCC)CCC)c1. The van der Waals surface area contributed by atoms with E-state index in [2.05, 4.69) is 22.0 Å². The highest BCUT2D eigenvalue weighted by Gasteiger charge is 2.28. The number of phenolic OH excluding ortho intramolecular Hbond substituents is 1. The number of phenols is 1. The highest BCUT2D eigenvalue weighted by Crippen LogP contribution is 2.17. The zero-order chi connectivity index (χ0) is 33.6. The highest BCUT2D eigenvalue weighted by atomic mass is 32.2. The number of nitrogens with one attached hydrogen (secondary N) is 2. The molecule has 11 heteroatoms. The number of aliphatic hydroxyl groups excluding tert-OH is 1. The maximum absolute atomic E-state index is 13.8. The molecule has 0 aliphatic carbocycles. The summed E-state index contributed by atoms with van der Waals surface area (Å²) >= 11 is 0. The summed E-state index contributed by atoms with van der Waals surface area (Å²) in [4.78, 5) is 31.6. The van der Waals surface area contributed by atoms with Gasteiger partial charge in [0.05, 0.1) is 17.4 Å². The van der Waals surface area contributed by atoms with Crippen molar-refractivity contribution in [2.24, 2.45) is 0 Å². The summed E-state index contributed by atoms with van der Waals surface area (Å²) in [5.41, 5.74) is 1.84. The molecule has 4 N–H and O–H groups in total. The number of nitrogens with zero attached hydrogens (tertiary/aromatic N) is 2. The molecule has 0 saturated heterocycles. The molecule has 0 radical (unpaired) electrons. The summed E-state index contributed by atoms with van der Waals surface area (Å²) in [5.74, 6) is 5.17. The number of carbonyl (C=O) groups is 2. The van der Waals surface area contributed by atoms with Crippen LogP contribution in [0.4, 0.5) is 0 Å². The Morgan fingerprint density at radius 1 is 0.933 bits per heavy atom. The summed E-state index contributed by atoms with van der Waals surface area (Å²) in [6, 6.07) is 10.4. The van der Waals surface area contributed by atoms with E-state index in [1.807, 2.05) is 20.8 Å². The number of aliphatic hydroxyl groups is 1. The quantitative estimate of drug-likeness (QED) is 0.142. The summed E-state index contributed by atoms with van der Waals surface area (Å²) in [7, 11) is -3.67. The minimum absolute atomic E-state index is 0.0803. The molecule has 0 aliphatic rings. The Hall–Kier alpha value is -3.43. The minimum atomic E-state index is -3.67. The lowest BCUT2D eigenvalue weighted by molar-refractivity contribution is 0.0613. The van der Waals surface area contributed by atoms with E-state index >= 15 is 0 Å². The van der Waals surface area contributed by atoms with Gasteiger partial charge in [0.2, 0.25) is 10.0 Å². The summed E-state index contributed by atoms with van der Waals surface area (Å²) in [5, 5.41) is 25.0. The fourth-order valence-electron chi connectivity index (χ4n) is 4.72. The third kappa shape index (κ3) is 12.1. The van der Waals surface area contributed by atoms with Crippen LogP contribution in [-0.4, -0.2) is 83.9 Å². The normalized spacial score (nSPS) is 12.8. The van der Waals surface area contributed by atoms with Crippen molar-refractivity contribution < 1.29 is 28.2 Å². The second kappa shape index (κ2) is 18.5. The van der Waals surface area contributed by atoms with E-state index in [-0.39, 0.29) is 30.2 Å². The van der Waals surface area contributed by atoms with Gasteiger partial charge >= 0.3 is 0 Å². The van der Waals surface area contributed by atoms with E-state index in [0.29, 0.717) is 37.2 Å². The maximum atomic E-state index is 13.8. The van der Waals surface area contributed by atoms with E-state index < -0.39 is 33.3 Å². The van der Waals surface area contributed by atoms with Crippen LogP contribution in [0.15, 0.2) is 42.5 Å². The lowest BCUT2D eigenvalue weighted by Gasteiger charge is -2.31. The Morgan fingerprint density at radius 2 is 1.56 bits per heavy atom. The van der Waals surface area contributed by atoms with E-state index in [1.54, 1.807) is 56.0 Å². The van der Waals surface area contributed by atoms with Crippen LogP contribution < -0.4 is 10.1 Å². The second-order valence-corrected chi connectivity index (χ2v) is 13.7. The average molecular weight is 643 g/mol. The van der Waals surface area contributed by atoms with Crippen LogP contribution in [0.5, 0.6) is 5.75 Å². The molecule has 2 atom stereocenters. The van der Waals surface area contributed by atoms with Gasteiger partial charge in [-0.25, -0.2) is 13.4 Å². The van der Waals surface area contributed by atoms with Crippen molar-refractivity contribution in [3.8, 4) is 17.6 Å². The number of amides is 2. The zero-order valence-electron chi connectivity index (χ0n) is 27.5. The molecule has 0 aliphatic heterocycles. The lowest BCUT2D eigenvalue weighted by atomic mass is 9.99. The number of rotatable bonds is 18. The smallest absolute Gasteiger partial charge is 0.253 e. The topological polar surface area (TPSA) is 139 Å². The van der Waals surface area contributed by atoms with Gasteiger partial charge in [-0.3, -0.25) is 9.59 Å². The minimum Gasteiger partial charge on any atom is -0.508 e. The first-order chi connectivity index (χ1) is 21.3. The van der Waals surface area contributed by atoms with Gasteiger partial charge in [-0.15, -0.1) is 10.8 Å². The Balaban J connectivity index is 2.46. The molecule has 2 aromatic rings. The van der Waals surface area contributed by atoms with Crippen molar-refractivity contribution in [1.82, 2.24) is 20.1 Å². The Bertz CT molecular complexity index is 1410. The van der Waals surface area contributed by atoms with Gasteiger partial charge in [-0.05, 0) is 82.3 Å². The number of sulfonamides is 1. The molecule has 0 heterocycles. The number of benzene rings is 2. The zero-order valence-corrected chi connectivity index (χ0v) is 28.3. The Labute approximate surface area is 269 Å².